The lowest BCUT2D eigenvalue weighted by Crippen LogP contribution is -2.31. The van der Waals surface area contributed by atoms with Crippen molar-refractivity contribution in [2.24, 2.45) is 5.92 Å². The van der Waals surface area contributed by atoms with Gasteiger partial charge < -0.3 is 18.9 Å². The van der Waals surface area contributed by atoms with Gasteiger partial charge in [-0.1, -0.05) is 42.5 Å². The number of imidazole rings is 1. The molecule has 0 N–H and O–H groups in total. The van der Waals surface area contributed by atoms with Gasteiger partial charge in [-0.05, 0) is 54.7 Å². The molecule has 0 saturated heterocycles. The maximum Gasteiger partial charge on any atom is 0.254 e. The Morgan fingerprint density at radius 3 is 2.58 bits per heavy atom. The van der Waals surface area contributed by atoms with Gasteiger partial charge >= 0.3 is 0 Å². The Morgan fingerprint density at radius 2 is 1.73 bits per heavy atom. The summed E-state index contributed by atoms with van der Waals surface area (Å²) in [5.41, 5.74) is 3.77. The minimum Gasteiger partial charge on any atom is -0.454 e. The van der Waals surface area contributed by atoms with Crippen LogP contribution >= 0.6 is 0 Å². The van der Waals surface area contributed by atoms with Crippen LogP contribution in [0, 0.1) is 5.92 Å². The molecule has 0 bridgehead atoms. The maximum atomic E-state index is 13.7. The molecule has 6 nitrogen and oxygen atoms in total. The molecular weight excluding hydrogens is 414 g/mol. The second-order valence-corrected chi connectivity index (χ2v) is 8.79. The Hall–Kier alpha value is -3.80. The number of benzene rings is 3. The third-order valence-electron chi connectivity index (χ3n) is 6.33. The van der Waals surface area contributed by atoms with E-state index in [-0.39, 0.29) is 12.7 Å². The number of hydrogen-bond donors (Lipinski definition) is 0. The van der Waals surface area contributed by atoms with Crippen LogP contribution in [0.5, 0.6) is 11.5 Å². The Kier molecular flexibility index (Phi) is 4.98. The summed E-state index contributed by atoms with van der Waals surface area (Å²) in [7, 11) is 0. The minimum absolute atomic E-state index is 0.0535. The number of ether oxygens (including phenoxy) is 2. The van der Waals surface area contributed by atoms with Crippen molar-refractivity contribution in [2.45, 2.75) is 32.5 Å². The molecule has 1 fully saturated rings. The monoisotopic (exact) mass is 439 g/mol. The molecule has 1 aliphatic carbocycles. The smallest absolute Gasteiger partial charge is 0.254 e. The van der Waals surface area contributed by atoms with E-state index < -0.39 is 0 Å². The molecule has 6 heteroatoms. The fourth-order valence-electron chi connectivity index (χ4n) is 4.39. The number of para-hydroxylation sites is 2. The highest BCUT2D eigenvalue weighted by Crippen LogP contribution is 2.34. The molecule has 0 atom stereocenters. The average molecular weight is 440 g/mol. The summed E-state index contributed by atoms with van der Waals surface area (Å²) in [6, 6.07) is 23.7. The van der Waals surface area contributed by atoms with Crippen molar-refractivity contribution < 1.29 is 14.3 Å². The lowest BCUT2D eigenvalue weighted by atomic mass is 10.1. The van der Waals surface area contributed by atoms with E-state index in [1.807, 2.05) is 47.4 Å². The van der Waals surface area contributed by atoms with Crippen molar-refractivity contribution in [3.8, 4) is 11.5 Å². The summed E-state index contributed by atoms with van der Waals surface area (Å²) in [5, 5.41) is 0. The van der Waals surface area contributed by atoms with Crippen molar-refractivity contribution in [1.29, 1.82) is 0 Å². The Morgan fingerprint density at radius 1 is 0.939 bits per heavy atom. The molecule has 1 aromatic heterocycles. The molecule has 1 saturated carbocycles. The molecule has 166 valence electrons. The first kappa shape index (κ1) is 19.9. The van der Waals surface area contributed by atoms with Crippen molar-refractivity contribution >= 4 is 16.9 Å². The minimum atomic E-state index is -0.0535. The van der Waals surface area contributed by atoms with E-state index in [0.717, 1.165) is 29.0 Å². The van der Waals surface area contributed by atoms with Crippen LogP contribution in [0.25, 0.3) is 11.0 Å². The third-order valence-corrected chi connectivity index (χ3v) is 6.33. The fourth-order valence-corrected chi connectivity index (χ4v) is 4.39. The zero-order chi connectivity index (χ0) is 22.2. The van der Waals surface area contributed by atoms with Gasteiger partial charge in [0.1, 0.15) is 5.82 Å². The van der Waals surface area contributed by atoms with Crippen LogP contribution in [-0.2, 0) is 19.6 Å². The number of rotatable bonds is 7. The molecule has 0 unspecified atom stereocenters. The normalized spacial score (nSPS) is 14.5. The predicted octanol–water partition coefficient (Wildman–Crippen LogP) is 5.02. The summed E-state index contributed by atoms with van der Waals surface area (Å²) in [6.45, 7) is 2.07. The number of aromatic nitrogens is 2. The van der Waals surface area contributed by atoms with Crippen molar-refractivity contribution in [1.82, 2.24) is 14.5 Å². The summed E-state index contributed by atoms with van der Waals surface area (Å²) in [6.07, 6.45) is 2.52. The van der Waals surface area contributed by atoms with Gasteiger partial charge in [0, 0.05) is 18.7 Å². The van der Waals surface area contributed by atoms with Gasteiger partial charge in [-0.25, -0.2) is 4.98 Å². The second-order valence-electron chi connectivity index (χ2n) is 8.79. The molecule has 0 spiro atoms. The number of carbonyl (C=O) groups excluding carboxylic acids is 1. The number of fused-ring (bicyclic) bond motifs is 2. The van der Waals surface area contributed by atoms with Gasteiger partial charge in [0.25, 0.3) is 5.91 Å². The van der Waals surface area contributed by atoms with E-state index in [0.29, 0.717) is 36.1 Å². The first-order valence-electron chi connectivity index (χ1n) is 11.4. The van der Waals surface area contributed by atoms with Gasteiger partial charge in [-0.15, -0.1) is 0 Å². The third kappa shape index (κ3) is 4.04. The van der Waals surface area contributed by atoms with E-state index in [2.05, 4.69) is 16.7 Å². The van der Waals surface area contributed by atoms with Gasteiger partial charge in [0.2, 0.25) is 6.79 Å². The Bertz CT molecular complexity index is 1310. The van der Waals surface area contributed by atoms with Gasteiger partial charge in [0.15, 0.2) is 11.5 Å². The standard InChI is InChI=1S/C27H25N3O3/c31-27(21-12-13-24-25(14-21)33-18-32-24)29(15-19-6-2-1-3-7-19)17-26-28-22-8-4-5-9-23(22)30(26)16-20-10-11-20/h1-9,12-14,20H,10-11,15-18H2. The molecule has 1 aliphatic heterocycles. The molecule has 6 rings (SSSR count). The topological polar surface area (TPSA) is 56.6 Å². The Balaban J connectivity index is 1.36. The quantitative estimate of drug-likeness (QED) is 0.406. The zero-order valence-corrected chi connectivity index (χ0v) is 18.3. The van der Waals surface area contributed by atoms with E-state index >= 15 is 0 Å². The molecule has 2 aliphatic rings. The SMILES string of the molecule is O=C(c1ccc2c(c1)OCO2)N(Cc1ccccc1)Cc1nc2ccccc2n1CC1CC1. The predicted molar refractivity (Wildman–Crippen MR) is 125 cm³/mol. The molecular formula is C27H25N3O3. The largest absolute Gasteiger partial charge is 0.454 e. The summed E-state index contributed by atoms with van der Waals surface area (Å²) in [5.74, 6) is 2.86. The number of amides is 1. The highest BCUT2D eigenvalue weighted by Gasteiger charge is 2.26. The fraction of sp³-hybridized carbons (Fsp3) is 0.259. The maximum absolute atomic E-state index is 13.7. The summed E-state index contributed by atoms with van der Waals surface area (Å²) < 4.78 is 13.2. The average Bonchev–Trinajstić information content (AvgIpc) is 3.43. The first-order chi connectivity index (χ1) is 16.2. The Labute approximate surface area is 192 Å². The highest BCUT2D eigenvalue weighted by molar-refractivity contribution is 5.95. The van der Waals surface area contributed by atoms with Crippen LogP contribution in [0.3, 0.4) is 0 Å². The van der Waals surface area contributed by atoms with E-state index in [9.17, 15) is 4.79 Å². The number of hydrogen-bond acceptors (Lipinski definition) is 4. The van der Waals surface area contributed by atoms with E-state index in [1.54, 1.807) is 18.2 Å². The molecule has 0 radical (unpaired) electrons. The molecule has 4 aromatic rings. The van der Waals surface area contributed by atoms with Crippen LogP contribution in [0.2, 0.25) is 0 Å². The highest BCUT2D eigenvalue weighted by atomic mass is 16.7. The van der Waals surface area contributed by atoms with Gasteiger partial charge in [0.05, 0.1) is 17.6 Å². The molecule has 3 aromatic carbocycles. The zero-order valence-electron chi connectivity index (χ0n) is 18.3. The van der Waals surface area contributed by atoms with Gasteiger partial charge in [-0.2, -0.15) is 0 Å². The van der Waals surface area contributed by atoms with E-state index in [1.165, 1.54) is 12.8 Å². The number of nitrogens with zero attached hydrogens (tertiary/aromatic N) is 3. The lowest BCUT2D eigenvalue weighted by Gasteiger charge is -2.23. The van der Waals surface area contributed by atoms with Crippen molar-refractivity contribution in [2.75, 3.05) is 6.79 Å². The molecule has 1 amide bonds. The summed E-state index contributed by atoms with van der Waals surface area (Å²) in [4.78, 5) is 20.5. The van der Waals surface area contributed by atoms with Crippen molar-refractivity contribution in [3.05, 3.63) is 89.7 Å². The number of carbonyl (C=O) groups is 1. The van der Waals surface area contributed by atoms with Crippen LogP contribution in [0.4, 0.5) is 0 Å². The second kappa shape index (κ2) is 8.28. The molecule has 33 heavy (non-hydrogen) atoms. The van der Waals surface area contributed by atoms with Gasteiger partial charge in [-0.3, -0.25) is 4.79 Å². The van der Waals surface area contributed by atoms with Crippen LogP contribution < -0.4 is 9.47 Å². The lowest BCUT2D eigenvalue weighted by molar-refractivity contribution is 0.0723. The first-order valence-corrected chi connectivity index (χ1v) is 11.4. The van der Waals surface area contributed by atoms with Crippen molar-refractivity contribution in [3.63, 3.8) is 0 Å². The molecule has 2 heterocycles. The van der Waals surface area contributed by atoms with Crippen LogP contribution in [0.15, 0.2) is 72.8 Å². The van der Waals surface area contributed by atoms with Crippen LogP contribution in [0.1, 0.15) is 34.6 Å². The summed E-state index contributed by atoms with van der Waals surface area (Å²) >= 11 is 0. The van der Waals surface area contributed by atoms with Crippen LogP contribution in [-0.4, -0.2) is 27.2 Å². The van der Waals surface area contributed by atoms with E-state index in [4.69, 9.17) is 14.5 Å².